The summed E-state index contributed by atoms with van der Waals surface area (Å²) >= 11 is 1.56. The van der Waals surface area contributed by atoms with Gasteiger partial charge in [0.1, 0.15) is 0 Å². The van der Waals surface area contributed by atoms with Gasteiger partial charge < -0.3 is 0 Å². The van der Waals surface area contributed by atoms with E-state index in [-0.39, 0.29) is 5.41 Å². The lowest BCUT2D eigenvalue weighted by Crippen LogP contribution is -2.00. The first-order chi connectivity index (χ1) is 6.08. The fraction of sp³-hybridized carbons (Fsp3) is 0.300. The van der Waals surface area contributed by atoms with Crippen molar-refractivity contribution in [1.29, 1.82) is 0 Å². The Bertz CT molecular complexity index is 387. The van der Waals surface area contributed by atoms with Gasteiger partial charge in [0.25, 0.3) is 0 Å². The Hall–Kier alpha value is -0.460. The van der Waals surface area contributed by atoms with Crippen LogP contribution < -0.4 is 0 Å². The van der Waals surface area contributed by atoms with Crippen LogP contribution in [0.3, 0.4) is 0 Å². The molecule has 0 amide bonds. The standard InChI is InChI=1S/C10H12NPS/c1-10(2)4-3-7-6-11-13-9(7)8(12)5-10/h3-6H,12H2,1-2H3. The smallest absolute Gasteiger partial charge is 0.0618 e. The van der Waals surface area contributed by atoms with Crippen LogP contribution in [-0.4, -0.2) is 4.37 Å². The Balaban J connectivity index is 2.58. The fourth-order valence-corrected chi connectivity index (χ4v) is 2.82. The van der Waals surface area contributed by atoms with E-state index in [1.54, 1.807) is 11.5 Å². The van der Waals surface area contributed by atoms with Crippen LogP contribution in [0.2, 0.25) is 0 Å². The van der Waals surface area contributed by atoms with Gasteiger partial charge in [-0.25, -0.2) is 0 Å². The SMILES string of the molecule is CC1(C)C=Cc2cnsc2C(P)=C1. The second kappa shape index (κ2) is 3.04. The lowest BCUT2D eigenvalue weighted by molar-refractivity contribution is 0.633. The molecule has 0 aliphatic heterocycles. The molecule has 1 atom stereocenters. The molecule has 0 saturated heterocycles. The molecule has 0 radical (unpaired) electrons. The zero-order chi connectivity index (χ0) is 9.47. The molecule has 1 aromatic rings. The van der Waals surface area contributed by atoms with Crippen molar-refractivity contribution >= 4 is 32.2 Å². The van der Waals surface area contributed by atoms with E-state index in [1.807, 2.05) is 6.20 Å². The van der Waals surface area contributed by atoms with Gasteiger partial charge in [-0.15, -0.1) is 9.24 Å². The Labute approximate surface area is 84.9 Å². The summed E-state index contributed by atoms with van der Waals surface area (Å²) in [5.74, 6) is 0. The topological polar surface area (TPSA) is 12.9 Å². The zero-order valence-corrected chi connectivity index (χ0v) is 9.71. The number of aromatic nitrogens is 1. The molecule has 0 spiro atoms. The van der Waals surface area contributed by atoms with E-state index in [2.05, 4.69) is 45.7 Å². The summed E-state index contributed by atoms with van der Waals surface area (Å²) in [6.45, 7) is 4.41. The van der Waals surface area contributed by atoms with Gasteiger partial charge in [-0.2, -0.15) is 4.37 Å². The lowest BCUT2D eigenvalue weighted by Gasteiger charge is -2.13. The van der Waals surface area contributed by atoms with Gasteiger partial charge in [-0.3, -0.25) is 0 Å². The number of nitrogens with zero attached hydrogens (tertiary/aromatic N) is 1. The third kappa shape index (κ3) is 1.74. The van der Waals surface area contributed by atoms with Crippen LogP contribution in [0.4, 0.5) is 0 Å². The quantitative estimate of drug-likeness (QED) is 0.597. The molecule has 0 fully saturated rings. The van der Waals surface area contributed by atoms with Crippen molar-refractivity contribution in [1.82, 2.24) is 4.37 Å². The van der Waals surface area contributed by atoms with Gasteiger partial charge in [0.2, 0.25) is 0 Å². The van der Waals surface area contributed by atoms with E-state index >= 15 is 0 Å². The highest BCUT2D eigenvalue weighted by Crippen LogP contribution is 2.37. The summed E-state index contributed by atoms with van der Waals surface area (Å²) in [5.41, 5.74) is 1.38. The van der Waals surface area contributed by atoms with Crippen LogP contribution in [0.25, 0.3) is 11.4 Å². The highest BCUT2D eigenvalue weighted by Gasteiger charge is 2.17. The number of hydrogen-bond acceptors (Lipinski definition) is 2. The van der Waals surface area contributed by atoms with Gasteiger partial charge in [0, 0.05) is 17.2 Å². The summed E-state index contributed by atoms with van der Waals surface area (Å²) < 4.78 is 4.18. The molecule has 68 valence electrons. The number of rotatable bonds is 0. The maximum Gasteiger partial charge on any atom is 0.0618 e. The van der Waals surface area contributed by atoms with E-state index < -0.39 is 0 Å². The highest BCUT2D eigenvalue weighted by atomic mass is 32.1. The van der Waals surface area contributed by atoms with Crippen molar-refractivity contribution in [3.8, 4) is 0 Å². The average Bonchev–Trinajstić information content (AvgIpc) is 2.43. The van der Waals surface area contributed by atoms with Crippen molar-refractivity contribution in [2.45, 2.75) is 13.8 Å². The summed E-state index contributed by atoms with van der Waals surface area (Å²) in [6, 6.07) is 0. The van der Waals surface area contributed by atoms with Gasteiger partial charge in [-0.05, 0) is 16.8 Å². The minimum absolute atomic E-state index is 0.149. The first-order valence-electron chi connectivity index (χ1n) is 4.21. The third-order valence-corrected chi connectivity index (χ3v) is 3.61. The molecule has 1 aliphatic carbocycles. The molecular weight excluding hydrogens is 197 g/mol. The third-order valence-electron chi connectivity index (χ3n) is 2.08. The molecule has 0 bridgehead atoms. The number of allylic oxidation sites excluding steroid dienone is 2. The van der Waals surface area contributed by atoms with Crippen molar-refractivity contribution in [3.63, 3.8) is 0 Å². The maximum atomic E-state index is 4.18. The predicted octanol–water partition coefficient (Wildman–Crippen LogP) is 3.41. The Morgan fingerprint density at radius 1 is 1.46 bits per heavy atom. The number of fused-ring (bicyclic) bond motifs is 1. The van der Waals surface area contributed by atoms with Gasteiger partial charge in [0.15, 0.2) is 0 Å². The highest BCUT2D eigenvalue weighted by molar-refractivity contribution is 7.33. The minimum atomic E-state index is 0.149. The molecule has 0 aromatic carbocycles. The van der Waals surface area contributed by atoms with Crippen molar-refractivity contribution in [2.24, 2.45) is 5.41 Å². The Morgan fingerprint density at radius 3 is 3.00 bits per heavy atom. The largest absolute Gasteiger partial charge is 0.200 e. The maximum absolute atomic E-state index is 4.18. The molecular formula is C10H12NPS. The monoisotopic (exact) mass is 209 g/mol. The second-order valence-corrected chi connectivity index (χ2v) is 5.29. The normalized spacial score (nSPS) is 19.2. The van der Waals surface area contributed by atoms with E-state index in [9.17, 15) is 0 Å². The second-order valence-electron chi connectivity index (χ2n) is 3.86. The molecule has 1 aliphatic rings. The minimum Gasteiger partial charge on any atom is -0.200 e. The molecule has 1 heterocycles. The Kier molecular flexibility index (Phi) is 2.13. The van der Waals surface area contributed by atoms with Crippen molar-refractivity contribution in [3.05, 3.63) is 28.8 Å². The van der Waals surface area contributed by atoms with Crippen LogP contribution in [0.5, 0.6) is 0 Å². The Morgan fingerprint density at radius 2 is 2.23 bits per heavy atom. The zero-order valence-electron chi connectivity index (χ0n) is 7.74. The number of hydrogen-bond donors (Lipinski definition) is 0. The van der Waals surface area contributed by atoms with Crippen molar-refractivity contribution in [2.75, 3.05) is 0 Å². The van der Waals surface area contributed by atoms with E-state index in [1.165, 1.54) is 15.8 Å². The first kappa shape index (κ1) is 9.11. The summed E-state index contributed by atoms with van der Waals surface area (Å²) in [6.07, 6.45) is 8.57. The molecule has 0 N–H and O–H groups in total. The van der Waals surface area contributed by atoms with Gasteiger partial charge >= 0.3 is 0 Å². The first-order valence-corrected chi connectivity index (χ1v) is 5.56. The summed E-state index contributed by atoms with van der Waals surface area (Å²) in [7, 11) is 2.79. The fourth-order valence-electron chi connectivity index (χ4n) is 1.40. The van der Waals surface area contributed by atoms with Crippen LogP contribution in [-0.2, 0) is 0 Å². The van der Waals surface area contributed by atoms with E-state index in [0.717, 1.165) is 0 Å². The van der Waals surface area contributed by atoms with Crippen molar-refractivity contribution < 1.29 is 0 Å². The van der Waals surface area contributed by atoms with Crippen LogP contribution in [0.15, 0.2) is 18.3 Å². The van der Waals surface area contributed by atoms with Crippen LogP contribution >= 0.6 is 20.8 Å². The van der Waals surface area contributed by atoms with Crippen LogP contribution in [0.1, 0.15) is 24.3 Å². The van der Waals surface area contributed by atoms with Gasteiger partial charge in [0.05, 0.1) is 4.88 Å². The molecule has 13 heavy (non-hydrogen) atoms. The van der Waals surface area contributed by atoms with E-state index in [0.29, 0.717) is 0 Å². The molecule has 1 unspecified atom stereocenters. The summed E-state index contributed by atoms with van der Waals surface area (Å²) in [5, 5.41) is 1.26. The molecule has 1 nitrogen and oxygen atoms in total. The molecule has 2 rings (SSSR count). The van der Waals surface area contributed by atoms with Gasteiger partial charge in [-0.1, -0.05) is 32.1 Å². The molecule has 1 aromatic heterocycles. The van der Waals surface area contributed by atoms with E-state index in [4.69, 9.17) is 0 Å². The molecule has 0 saturated carbocycles. The molecule has 3 heteroatoms. The lowest BCUT2D eigenvalue weighted by atomic mass is 9.93. The predicted molar refractivity (Wildman–Crippen MR) is 62.6 cm³/mol. The summed E-state index contributed by atoms with van der Waals surface area (Å²) in [4.78, 5) is 1.27. The van der Waals surface area contributed by atoms with Crippen LogP contribution in [0, 0.1) is 5.41 Å². The average molecular weight is 209 g/mol.